The van der Waals surface area contributed by atoms with Gasteiger partial charge in [0.2, 0.25) is 0 Å². The fourth-order valence-corrected chi connectivity index (χ4v) is 4.71. The number of carbonyl (C=O) groups is 2. The number of Topliss-reactive ketones (excluding diaryl/α,β-unsaturated/α-hetero) is 1. The molecule has 1 aliphatic rings. The van der Waals surface area contributed by atoms with E-state index in [1.807, 2.05) is 48.5 Å². The molecular weight excluding hydrogens is 404 g/mol. The third-order valence-electron chi connectivity index (χ3n) is 5.90. The van der Waals surface area contributed by atoms with Crippen LogP contribution in [-0.2, 0) is 26.3 Å². The van der Waals surface area contributed by atoms with Crippen molar-refractivity contribution in [2.45, 2.75) is 18.0 Å². The molecule has 2 aromatic heterocycles. The Bertz CT molecular complexity index is 1290. The fraction of sp³-hybridized carbons (Fsp3) is 0.217. The second kappa shape index (κ2) is 7.00. The molecule has 0 aliphatic carbocycles. The smallest absolute Gasteiger partial charge is 0.323 e. The molecular formula is C23H19ClN2O4. The van der Waals surface area contributed by atoms with Crippen LogP contribution in [0.2, 0.25) is 0 Å². The number of aromatic nitrogens is 1. The van der Waals surface area contributed by atoms with Crippen molar-refractivity contribution in [1.29, 1.82) is 0 Å². The van der Waals surface area contributed by atoms with Crippen LogP contribution in [0, 0.1) is 0 Å². The number of esters is 1. The van der Waals surface area contributed by atoms with E-state index in [1.165, 1.54) is 7.11 Å². The van der Waals surface area contributed by atoms with E-state index in [4.69, 9.17) is 20.8 Å². The van der Waals surface area contributed by atoms with E-state index in [2.05, 4.69) is 10.3 Å². The maximum Gasteiger partial charge on any atom is 0.323 e. The number of hydrogen-bond acceptors (Lipinski definition) is 5. The van der Waals surface area contributed by atoms with Gasteiger partial charge in [0.25, 0.3) is 0 Å². The zero-order chi connectivity index (χ0) is 20.9. The van der Waals surface area contributed by atoms with Gasteiger partial charge in [-0.25, -0.2) is 0 Å². The van der Waals surface area contributed by atoms with E-state index >= 15 is 0 Å². The summed E-state index contributed by atoms with van der Waals surface area (Å²) in [5.41, 5.74) is 2.58. The first-order chi connectivity index (χ1) is 14.6. The van der Waals surface area contributed by atoms with Crippen LogP contribution in [-0.4, -0.2) is 35.8 Å². The fourth-order valence-electron chi connectivity index (χ4n) is 4.51. The van der Waals surface area contributed by atoms with Crippen LogP contribution in [0.5, 0.6) is 0 Å². The monoisotopic (exact) mass is 422 g/mol. The van der Waals surface area contributed by atoms with Crippen molar-refractivity contribution in [3.8, 4) is 0 Å². The summed E-state index contributed by atoms with van der Waals surface area (Å²) in [7, 11) is 1.34. The SMILES string of the molecule is COC(=O)[C@H]1Cc2c([nH]c3ccccc23)[C@@](C(=O)CCl)(c2ccc3occc3c2)N1. The number of benzene rings is 2. The lowest BCUT2D eigenvalue weighted by atomic mass is 9.76. The molecule has 0 unspecified atom stereocenters. The van der Waals surface area contributed by atoms with E-state index in [0.717, 1.165) is 21.9 Å². The number of ketones is 1. The minimum absolute atomic E-state index is 0.223. The summed E-state index contributed by atoms with van der Waals surface area (Å²) in [6, 6.07) is 14.5. The maximum absolute atomic E-state index is 13.5. The number of hydrogen-bond donors (Lipinski definition) is 2. The predicted molar refractivity (Wildman–Crippen MR) is 114 cm³/mol. The van der Waals surface area contributed by atoms with Crippen LogP contribution in [0.1, 0.15) is 16.8 Å². The van der Waals surface area contributed by atoms with Crippen molar-refractivity contribution in [1.82, 2.24) is 10.3 Å². The number of H-pyrrole nitrogens is 1. The highest BCUT2D eigenvalue weighted by Gasteiger charge is 2.50. The quantitative estimate of drug-likeness (QED) is 0.387. The van der Waals surface area contributed by atoms with Crippen molar-refractivity contribution in [2.75, 3.05) is 13.0 Å². The van der Waals surface area contributed by atoms with Crippen molar-refractivity contribution < 1.29 is 18.7 Å². The molecule has 2 aromatic carbocycles. The molecule has 0 fully saturated rings. The zero-order valence-electron chi connectivity index (χ0n) is 16.2. The molecule has 2 N–H and O–H groups in total. The van der Waals surface area contributed by atoms with Gasteiger partial charge in [-0.05, 0) is 35.4 Å². The summed E-state index contributed by atoms with van der Waals surface area (Å²) < 4.78 is 10.5. The second-order valence-electron chi connectivity index (χ2n) is 7.43. The van der Waals surface area contributed by atoms with Crippen molar-refractivity contribution in [2.24, 2.45) is 0 Å². The summed E-state index contributed by atoms with van der Waals surface area (Å²) in [5, 5.41) is 5.12. The van der Waals surface area contributed by atoms with Gasteiger partial charge in [0.05, 0.1) is 24.9 Å². The van der Waals surface area contributed by atoms with E-state index in [-0.39, 0.29) is 11.7 Å². The second-order valence-corrected chi connectivity index (χ2v) is 7.70. The highest BCUT2D eigenvalue weighted by Crippen LogP contribution is 2.41. The van der Waals surface area contributed by atoms with Gasteiger partial charge in [0.15, 0.2) is 5.78 Å². The van der Waals surface area contributed by atoms with Crippen LogP contribution in [0.25, 0.3) is 21.9 Å². The van der Waals surface area contributed by atoms with Gasteiger partial charge in [-0.3, -0.25) is 14.9 Å². The maximum atomic E-state index is 13.5. The number of carbonyl (C=O) groups excluding carboxylic acids is 2. The topological polar surface area (TPSA) is 84.3 Å². The molecule has 3 heterocycles. The Morgan fingerprint density at radius 1 is 1.23 bits per heavy atom. The van der Waals surface area contributed by atoms with Crippen LogP contribution in [0.3, 0.4) is 0 Å². The van der Waals surface area contributed by atoms with Crippen LogP contribution in [0.4, 0.5) is 0 Å². The third-order valence-corrected chi connectivity index (χ3v) is 6.14. The van der Waals surface area contributed by atoms with Crippen molar-refractivity contribution >= 4 is 45.2 Å². The van der Waals surface area contributed by atoms with Gasteiger partial charge >= 0.3 is 5.97 Å². The van der Waals surface area contributed by atoms with Gasteiger partial charge < -0.3 is 14.1 Å². The van der Waals surface area contributed by atoms with Crippen molar-refractivity contribution in [3.63, 3.8) is 0 Å². The molecule has 5 rings (SSSR count). The number of halogens is 1. The number of nitrogens with one attached hydrogen (secondary N) is 2. The Morgan fingerprint density at radius 2 is 2.07 bits per heavy atom. The lowest BCUT2D eigenvalue weighted by molar-refractivity contribution is -0.144. The molecule has 152 valence electrons. The summed E-state index contributed by atoms with van der Waals surface area (Å²) in [4.78, 5) is 29.5. The van der Waals surface area contributed by atoms with Gasteiger partial charge in [-0.2, -0.15) is 0 Å². The lowest BCUT2D eigenvalue weighted by Crippen LogP contribution is -2.61. The standard InChI is InChI=1S/C23H19ClN2O4/c1-29-22(28)18-11-16-15-4-2-3-5-17(15)25-21(16)23(26-18,20(27)12-24)14-6-7-19-13(10-14)8-9-30-19/h2-10,18,25-26H,11-12H2,1H3/t18-,23+/m1/s1. The lowest BCUT2D eigenvalue weighted by Gasteiger charge is -2.40. The van der Waals surface area contributed by atoms with Gasteiger partial charge in [-0.15, -0.1) is 11.6 Å². The molecule has 0 saturated heterocycles. The van der Waals surface area contributed by atoms with Crippen LogP contribution >= 0.6 is 11.6 Å². The van der Waals surface area contributed by atoms with E-state index in [1.54, 1.807) is 6.26 Å². The zero-order valence-corrected chi connectivity index (χ0v) is 17.0. The first kappa shape index (κ1) is 18.9. The Kier molecular flexibility index (Phi) is 4.41. The Morgan fingerprint density at radius 3 is 2.87 bits per heavy atom. The van der Waals surface area contributed by atoms with E-state index in [0.29, 0.717) is 23.3 Å². The van der Waals surface area contributed by atoms with Crippen LogP contribution < -0.4 is 5.32 Å². The normalized spacial score (nSPS) is 20.9. The molecule has 0 spiro atoms. The summed E-state index contributed by atoms with van der Waals surface area (Å²) >= 11 is 6.11. The molecule has 4 aromatic rings. The summed E-state index contributed by atoms with van der Waals surface area (Å²) in [6.07, 6.45) is 2.00. The Hall–Kier alpha value is -3.09. The molecule has 0 radical (unpaired) electrons. The molecule has 7 heteroatoms. The first-order valence-electron chi connectivity index (χ1n) is 9.61. The number of furan rings is 1. The average molecular weight is 423 g/mol. The summed E-state index contributed by atoms with van der Waals surface area (Å²) in [6.45, 7) is 0. The third kappa shape index (κ3) is 2.61. The molecule has 2 atom stereocenters. The Balaban J connectivity index is 1.84. The van der Waals surface area contributed by atoms with Crippen molar-refractivity contribution in [3.05, 3.63) is 71.6 Å². The molecule has 6 nitrogen and oxygen atoms in total. The van der Waals surface area contributed by atoms with Gasteiger partial charge in [0, 0.05) is 22.7 Å². The minimum atomic E-state index is -1.32. The number of fused-ring (bicyclic) bond motifs is 4. The number of methoxy groups -OCH3 is 1. The van der Waals surface area contributed by atoms with E-state index in [9.17, 15) is 9.59 Å². The number of aromatic amines is 1. The molecule has 1 aliphatic heterocycles. The molecule has 0 bridgehead atoms. The molecule has 0 saturated carbocycles. The highest BCUT2D eigenvalue weighted by atomic mass is 35.5. The van der Waals surface area contributed by atoms with Crippen LogP contribution in [0.15, 0.2) is 59.2 Å². The molecule has 30 heavy (non-hydrogen) atoms. The summed E-state index contributed by atoms with van der Waals surface area (Å²) in [5.74, 6) is -0.908. The average Bonchev–Trinajstić information content (AvgIpc) is 3.41. The number of alkyl halides is 1. The van der Waals surface area contributed by atoms with Gasteiger partial charge in [0.1, 0.15) is 17.2 Å². The minimum Gasteiger partial charge on any atom is -0.468 e. The number of rotatable bonds is 4. The number of ether oxygens (including phenoxy) is 1. The highest BCUT2D eigenvalue weighted by molar-refractivity contribution is 6.29. The largest absolute Gasteiger partial charge is 0.468 e. The molecule has 0 amide bonds. The van der Waals surface area contributed by atoms with E-state index < -0.39 is 17.6 Å². The number of para-hydroxylation sites is 1. The Labute approximate surface area is 177 Å². The predicted octanol–water partition coefficient (Wildman–Crippen LogP) is 3.65. The first-order valence-corrected chi connectivity index (χ1v) is 10.1. The van der Waals surface area contributed by atoms with Gasteiger partial charge in [-0.1, -0.05) is 24.3 Å².